The largest absolute Gasteiger partial charge is 0.444 e. The Hall–Kier alpha value is -1.59. The van der Waals surface area contributed by atoms with Crippen molar-refractivity contribution in [3.8, 4) is 0 Å². The molecule has 1 aromatic rings. The molecule has 1 amide bonds. The first-order valence-electron chi connectivity index (χ1n) is 8.41. The monoisotopic (exact) mass is 336 g/mol. The zero-order valence-electron chi connectivity index (χ0n) is 16.0. The van der Waals surface area contributed by atoms with Gasteiger partial charge in [0.15, 0.2) is 0 Å². The van der Waals surface area contributed by atoms with Crippen LogP contribution < -0.4 is 10.6 Å². The van der Waals surface area contributed by atoms with Crippen LogP contribution in [-0.4, -0.2) is 30.9 Å². The first kappa shape index (κ1) is 20.5. The van der Waals surface area contributed by atoms with Crippen molar-refractivity contribution in [3.63, 3.8) is 0 Å². The maximum absolute atomic E-state index is 11.8. The second-order valence-corrected chi connectivity index (χ2v) is 7.64. The van der Waals surface area contributed by atoms with Crippen LogP contribution >= 0.6 is 0 Å². The Labute approximate surface area is 146 Å². The smallest absolute Gasteiger partial charge is 0.412 e. The number of nitrogens with one attached hydrogen (secondary N) is 2. The third-order valence-electron chi connectivity index (χ3n) is 3.79. The van der Waals surface area contributed by atoms with Gasteiger partial charge in [0, 0.05) is 18.8 Å². The molecule has 1 aromatic carbocycles. The molecule has 24 heavy (non-hydrogen) atoms. The summed E-state index contributed by atoms with van der Waals surface area (Å²) >= 11 is 0. The number of anilines is 1. The fourth-order valence-corrected chi connectivity index (χ4v) is 2.09. The van der Waals surface area contributed by atoms with Crippen molar-refractivity contribution >= 4 is 11.8 Å². The van der Waals surface area contributed by atoms with Crippen LogP contribution in [0, 0.1) is 0 Å². The van der Waals surface area contributed by atoms with Crippen molar-refractivity contribution in [1.29, 1.82) is 0 Å². The van der Waals surface area contributed by atoms with Gasteiger partial charge in [-0.1, -0.05) is 12.1 Å². The summed E-state index contributed by atoms with van der Waals surface area (Å²) in [4.78, 5) is 11.8. The predicted molar refractivity (Wildman–Crippen MR) is 98.4 cm³/mol. The topological polar surface area (TPSA) is 59.6 Å². The summed E-state index contributed by atoms with van der Waals surface area (Å²) in [6.07, 6.45) is 0.495. The Bertz CT molecular complexity index is 518. The first-order chi connectivity index (χ1) is 11.0. The van der Waals surface area contributed by atoms with E-state index >= 15 is 0 Å². The quantitative estimate of drug-likeness (QED) is 0.770. The number of amides is 1. The standard InChI is InChI=1S/C19H32N2O3/c1-14(20-13-12-19(5,6)23-7)15-8-10-16(11-9-15)21-17(22)24-18(2,3)4/h8-11,14,20H,12-13H2,1-7H3,(H,21,22). The summed E-state index contributed by atoms with van der Waals surface area (Å²) in [6.45, 7) is 12.7. The van der Waals surface area contributed by atoms with Crippen molar-refractivity contribution in [1.82, 2.24) is 5.32 Å². The number of rotatable bonds is 7. The van der Waals surface area contributed by atoms with Gasteiger partial charge in [0.05, 0.1) is 5.60 Å². The molecule has 0 aliphatic heterocycles. The molecule has 0 aliphatic carbocycles. The molecule has 0 heterocycles. The van der Waals surface area contributed by atoms with Crippen molar-refractivity contribution in [3.05, 3.63) is 29.8 Å². The van der Waals surface area contributed by atoms with E-state index in [2.05, 4.69) is 31.4 Å². The highest BCUT2D eigenvalue weighted by Crippen LogP contribution is 2.18. The minimum atomic E-state index is -0.502. The molecule has 0 radical (unpaired) electrons. The Balaban J connectivity index is 2.50. The minimum absolute atomic E-state index is 0.117. The molecule has 0 bridgehead atoms. The van der Waals surface area contributed by atoms with E-state index in [-0.39, 0.29) is 11.6 Å². The lowest BCUT2D eigenvalue weighted by Gasteiger charge is -2.24. The van der Waals surface area contributed by atoms with Crippen LogP contribution in [0.4, 0.5) is 10.5 Å². The van der Waals surface area contributed by atoms with E-state index in [9.17, 15) is 4.79 Å². The average Bonchev–Trinajstić information content (AvgIpc) is 2.45. The van der Waals surface area contributed by atoms with Crippen molar-refractivity contribution < 1.29 is 14.3 Å². The number of carbonyl (C=O) groups excluding carboxylic acids is 1. The summed E-state index contributed by atoms with van der Waals surface area (Å²) in [5.41, 5.74) is 1.27. The van der Waals surface area contributed by atoms with Gasteiger partial charge in [-0.2, -0.15) is 0 Å². The summed E-state index contributed by atoms with van der Waals surface area (Å²) < 4.78 is 10.7. The highest BCUT2D eigenvalue weighted by atomic mass is 16.6. The summed E-state index contributed by atoms with van der Waals surface area (Å²) in [5, 5.41) is 6.23. The van der Waals surface area contributed by atoms with Crippen molar-refractivity contribution in [2.75, 3.05) is 19.0 Å². The predicted octanol–water partition coefficient (Wildman–Crippen LogP) is 4.50. The summed E-state index contributed by atoms with van der Waals surface area (Å²) in [7, 11) is 1.74. The average molecular weight is 336 g/mol. The van der Waals surface area contributed by atoms with Gasteiger partial charge in [-0.05, 0) is 72.2 Å². The van der Waals surface area contributed by atoms with Gasteiger partial charge in [0.25, 0.3) is 0 Å². The second-order valence-electron chi connectivity index (χ2n) is 7.64. The molecular weight excluding hydrogens is 304 g/mol. The van der Waals surface area contributed by atoms with E-state index in [4.69, 9.17) is 9.47 Å². The molecule has 5 nitrogen and oxygen atoms in total. The third kappa shape index (κ3) is 7.79. The lowest BCUT2D eigenvalue weighted by atomic mass is 10.0. The number of methoxy groups -OCH3 is 1. The van der Waals surface area contributed by atoms with E-state index in [1.807, 2.05) is 45.0 Å². The van der Waals surface area contributed by atoms with Crippen molar-refractivity contribution in [2.24, 2.45) is 0 Å². The van der Waals surface area contributed by atoms with Crippen LogP contribution in [0.3, 0.4) is 0 Å². The van der Waals surface area contributed by atoms with E-state index in [1.54, 1.807) is 7.11 Å². The molecule has 1 atom stereocenters. The van der Waals surface area contributed by atoms with E-state index in [1.165, 1.54) is 5.56 Å². The van der Waals surface area contributed by atoms with Gasteiger partial charge in [-0.15, -0.1) is 0 Å². The Morgan fingerprint density at radius 2 is 1.71 bits per heavy atom. The second kappa shape index (κ2) is 8.49. The SMILES string of the molecule is COC(C)(C)CCNC(C)c1ccc(NC(=O)OC(C)(C)C)cc1. The van der Waals surface area contributed by atoms with Crippen LogP contribution in [0.15, 0.2) is 24.3 Å². The number of ether oxygens (including phenoxy) is 2. The molecule has 0 fully saturated rings. The number of hydrogen-bond donors (Lipinski definition) is 2. The van der Waals surface area contributed by atoms with Crippen LogP contribution in [0.1, 0.15) is 59.6 Å². The minimum Gasteiger partial charge on any atom is -0.444 e. The highest BCUT2D eigenvalue weighted by Gasteiger charge is 2.17. The lowest BCUT2D eigenvalue weighted by molar-refractivity contribution is 0.0154. The summed E-state index contributed by atoms with van der Waals surface area (Å²) in [6, 6.07) is 8.01. The van der Waals surface area contributed by atoms with Gasteiger partial charge < -0.3 is 14.8 Å². The van der Waals surface area contributed by atoms with Gasteiger partial charge in [-0.25, -0.2) is 4.79 Å². The Morgan fingerprint density at radius 3 is 2.21 bits per heavy atom. The number of benzene rings is 1. The maximum Gasteiger partial charge on any atom is 0.412 e. The zero-order chi connectivity index (χ0) is 18.4. The zero-order valence-corrected chi connectivity index (χ0v) is 16.0. The molecule has 0 saturated carbocycles. The first-order valence-corrected chi connectivity index (χ1v) is 8.41. The van der Waals surface area contributed by atoms with Crippen LogP contribution in [0.25, 0.3) is 0 Å². The normalized spacial score (nSPS) is 13.5. The molecule has 0 spiro atoms. The molecule has 136 valence electrons. The maximum atomic E-state index is 11.8. The third-order valence-corrected chi connectivity index (χ3v) is 3.79. The molecule has 0 aromatic heterocycles. The van der Waals surface area contributed by atoms with Crippen LogP contribution in [-0.2, 0) is 9.47 Å². The Kier molecular flexibility index (Phi) is 7.24. The molecule has 2 N–H and O–H groups in total. The van der Waals surface area contributed by atoms with Crippen LogP contribution in [0.2, 0.25) is 0 Å². The van der Waals surface area contributed by atoms with E-state index in [0.29, 0.717) is 0 Å². The molecule has 1 unspecified atom stereocenters. The molecule has 1 rings (SSSR count). The molecule has 0 saturated heterocycles. The van der Waals surface area contributed by atoms with E-state index in [0.717, 1.165) is 18.7 Å². The van der Waals surface area contributed by atoms with Gasteiger partial charge >= 0.3 is 6.09 Å². The van der Waals surface area contributed by atoms with Gasteiger partial charge in [-0.3, -0.25) is 5.32 Å². The van der Waals surface area contributed by atoms with Crippen molar-refractivity contribution in [2.45, 2.75) is 65.2 Å². The lowest BCUT2D eigenvalue weighted by Crippen LogP contribution is -2.30. The summed E-state index contributed by atoms with van der Waals surface area (Å²) in [5.74, 6) is 0. The van der Waals surface area contributed by atoms with Gasteiger partial charge in [0.2, 0.25) is 0 Å². The number of hydrogen-bond acceptors (Lipinski definition) is 4. The highest BCUT2D eigenvalue weighted by molar-refractivity contribution is 5.84. The Morgan fingerprint density at radius 1 is 1.12 bits per heavy atom. The molecular formula is C19H32N2O3. The van der Waals surface area contributed by atoms with E-state index < -0.39 is 11.7 Å². The molecule has 0 aliphatic rings. The fourth-order valence-electron chi connectivity index (χ4n) is 2.09. The fraction of sp³-hybridized carbons (Fsp3) is 0.632. The van der Waals surface area contributed by atoms with Gasteiger partial charge in [0.1, 0.15) is 5.60 Å². The number of carbonyl (C=O) groups is 1. The van der Waals surface area contributed by atoms with Crippen LogP contribution in [0.5, 0.6) is 0 Å². The molecule has 5 heteroatoms.